The van der Waals surface area contributed by atoms with Crippen LogP contribution in [0.3, 0.4) is 0 Å². The molecule has 0 aliphatic rings. The summed E-state index contributed by atoms with van der Waals surface area (Å²) in [6.45, 7) is 0. The van der Waals surface area contributed by atoms with E-state index in [9.17, 15) is 0 Å². The average Bonchev–Trinajstić information content (AvgIpc) is 1.25. The van der Waals surface area contributed by atoms with Crippen molar-refractivity contribution in [1.29, 1.82) is 0 Å². The molecule has 0 aromatic rings. The normalized spacial score (nSPS) is 4.36. The van der Waals surface area contributed by atoms with Crippen LogP contribution in [0, 0.1) is 0 Å². The van der Waals surface area contributed by atoms with Gasteiger partial charge < -0.3 is 40.4 Å². The summed E-state index contributed by atoms with van der Waals surface area (Å²) in [5, 5.41) is 0. The molecule has 8 N–H and O–H groups in total. The molecule has 0 aromatic carbocycles. The number of rotatable bonds is 0. The van der Waals surface area contributed by atoms with Gasteiger partial charge in [0.1, 0.15) is 0 Å². The molecule has 0 atom stereocenters. The summed E-state index contributed by atoms with van der Waals surface area (Å²) < 4.78 is 17.0. The van der Waals surface area contributed by atoms with Crippen molar-refractivity contribution in [2.75, 3.05) is 0 Å². The molecule has 0 fully saturated rings. The van der Waals surface area contributed by atoms with E-state index < -0.39 is 18.3 Å². The van der Waals surface area contributed by atoms with E-state index in [0.717, 1.165) is 0 Å². The maximum absolute atomic E-state index is 8.52. The molecule has 11 heteroatoms. The summed E-state index contributed by atoms with van der Waals surface area (Å²) in [4.78, 5) is 34.1. The van der Waals surface area contributed by atoms with Gasteiger partial charge in [0.05, 0.1) is 0 Å². The Morgan fingerprint density at radius 2 is 0.727 bits per heavy atom. The summed E-state index contributed by atoms with van der Waals surface area (Å²) in [7, 11) is -7.26. The van der Waals surface area contributed by atoms with Gasteiger partial charge in [-0.3, -0.25) is 0 Å². The molecule has 0 radical (unpaired) electrons. The van der Waals surface area contributed by atoms with Crippen LogP contribution in [-0.2, 0) is 26.0 Å². The second kappa shape index (κ2) is 22.6. The van der Waals surface area contributed by atoms with E-state index in [1.54, 1.807) is 0 Å². The second-order valence-electron chi connectivity index (χ2n) is 0.500. The first kappa shape index (κ1) is 31.0. The van der Waals surface area contributed by atoms with Crippen molar-refractivity contribution in [2.45, 2.75) is 0 Å². The Morgan fingerprint density at radius 3 is 0.727 bits per heavy atom. The molecule has 0 spiro atoms. The third-order valence-electron chi connectivity index (χ3n) is 0. The minimum Gasteiger partial charge on any atom is -0.672 e. The van der Waals surface area contributed by atoms with E-state index >= 15 is 0 Å². The molecule has 0 aliphatic heterocycles. The van der Waals surface area contributed by atoms with Crippen LogP contribution < -0.4 is 31.5 Å². The molecule has 0 bridgehead atoms. The predicted octanol–water partition coefficient (Wildman–Crippen LogP) is -5.01. The Morgan fingerprint density at radius 1 is 0.727 bits per heavy atom. The standard InChI is InChI=1S/Fe.2H3N.2O3Si/c;;;2*1-4(2)3/h;2*1H3;;/q+2;;;2*-2/p+2. The molecule has 0 rings (SSSR count). The topological polar surface area (TPSA) is 199 Å². The van der Waals surface area contributed by atoms with E-state index in [4.69, 9.17) is 28.1 Å². The van der Waals surface area contributed by atoms with Gasteiger partial charge >= 0.3 is 17.1 Å². The first-order valence-corrected chi connectivity index (χ1v) is 3.67. The Bertz CT molecular complexity index is 76.6. The Balaban J connectivity index is -0.0000000171. The second-order valence-corrected chi connectivity index (χ2v) is 1.50. The first-order valence-electron chi connectivity index (χ1n) is 1.22. The molecule has 8 nitrogen and oxygen atoms in total. The molecule has 0 aromatic heterocycles. The average molecular weight is 244 g/mol. The summed E-state index contributed by atoms with van der Waals surface area (Å²) in [5.41, 5.74) is 0. The van der Waals surface area contributed by atoms with Gasteiger partial charge in [-0.1, -0.05) is 0 Å². The van der Waals surface area contributed by atoms with Crippen molar-refractivity contribution >= 4 is 18.3 Å². The van der Waals surface area contributed by atoms with Crippen LogP contribution in [-0.4, -0.2) is 18.3 Å². The molecule has 0 unspecified atom stereocenters. The van der Waals surface area contributed by atoms with Crippen LogP contribution >= 0.6 is 0 Å². The van der Waals surface area contributed by atoms with Crippen LogP contribution in [0.4, 0.5) is 0 Å². The van der Waals surface area contributed by atoms with E-state index in [1.165, 1.54) is 0 Å². The van der Waals surface area contributed by atoms with Gasteiger partial charge in [0.25, 0.3) is 0 Å². The molecule has 0 heterocycles. The summed E-state index contributed by atoms with van der Waals surface area (Å²) in [6, 6.07) is 0. The van der Waals surface area contributed by atoms with Gasteiger partial charge in [-0.2, -0.15) is 0 Å². The van der Waals surface area contributed by atoms with Crippen LogP contribution in [0.1, 0.15) is 0 Å². The SMILES string of the molecule is O=[Si]([O-])[O-].O=[Si]([O-])[O-].[Fe+2].[NH4+].[NH4+]. The van der Waals surface area contributed by atoms with Crippen molar-refractivity contribution in [3.05, 3.63) is 0 Å². The molecule has 0 amide bonds. The van der Waals surface area contributed by atoms with Crippen molar-refractivity contribution in [2.24, 2.45) is 0 Å². The molecule has 0 aliphatic carbocycles. The van der Waals surface area contributed by atoms with Crippen LogP contribution in [0.5, 0.6) is 0 Å². The molecular weight excluding hydrogens is 236 g/mol. The summed E-state index contributed by atoms with van der Waals surface area (Å²) in [5.74, 6) is 0. The van der Waals surface area contributed by atoms with Gasteiger partial charge in [-0.25, -0.2) is 0 Å². The van der Waals surface area contributed by atoms with Crippen LogP contribution in [0.25, 0.3) is 0 Å². The third kappa shape index (κ3) is 5330. The maximum atomic E-state index is 8.52. The third-order valence-corrected chi connectivity index (χ3v) is 0. The first-order chi connectivity index (χ1) is 3.46. The van der Waals surface area contributed by atoms with Crippen LogP contribution in [0.15, 0.2) is 0 Å². The number of hydrogen-bond acceptors (Lipinski definition) is 6. The minimum absolute atomic E-state index is 0. The fraction of sp³-hybridized carbons (Fsp3) is 0. The van der Waals surface area contributed by atoms with Gasteiger partial charge in [0, 0.05) is 18.3 Å². The maximum Gasteiger partial charge on any atom is 2.00 e. The molecule has 0 saturated carbocycles. The Kier molecular flexibility index (Phi) is 63.8. The smallest absolute Gasteiger partial charge is 0.672 e. The Labute approximate surface area is 76.3 Å². The summed E-state index contributed by atoms with van der Waals surface area (Å²) >= 11 is 0. The zero-order chi connectivity index (χ0) is 7.15. The van der Waals surface area contributed by atoms with Crippen molar-refractivity contribution in [3.63, 3.8) is 0 Å². The fourth-order valence-corrected chi connectivity index (χ4v) is 0. The van der Waals surface area contributed by atoms with Gasteiger partial charge in [0.2, 0.25) is 0 Å². The van der Waals surface area contributed by atoms with Gasteiger partial charge in [-0.05, 0) is 0 Å². The fourth-order valence-electron chi connectivity index (χ4n) is 0. The predicted molar refractivity (Wildman–Crippen MR) is 24.9 cm³/mol. The van der Waals surface area contributed by atoms with E-state index in [2.05, 4.69) is 0 Å². The van der Waals surface area contributed by atoms with E-state index in [0.29, 0.717) is 0 Å². The Hall–Kier alpha value is -0.327. The van der Waals surface area contributed by atoms with Gasteiger partial charge in [-0.15, -0.1) is 0 Å². The zero-order valence-corrected chi connectivity index (χ0v) is 8.91. The number of hydrogen-bond donors (Lipinski definition) is 2. The monoisotopic (exact) mass is 244 g/mol. The number of quaternary nitrogens is 2. The largest absolute Gasteiger partial charge is 2.00 e. The molecular formula is H8FeN2O6Si2. The van der Waals surface area contributed by atoms with Crippen molar-refractivity contribution in [1.82, 2.24) is 12.3 Å². The summed E-state index contributed by atoms with van der Waals surface area (Å²) in [6.07, 6.45) is 0. The van der Waals surface area contributed by atoms with Crippen molar-refractivity contribution in [3.8, 4) is 0 Å². The van der Waals surface area contributed by atoms with Crippen LogP contribution in [0.2, 0.25) is 0 Å². The molecule has 0 saturated heterocycles. The minimum atomic E-state index is -3.63. The van der Waals surface area contributed by atoms with E-state index in [-0.39, 0.29) is 29.4 Å². The molecule has 70 valence electrons. The van der Waals surface area contributed by atoms with Gasteiger partial charge in [0.15, 0.2) is 0 Å². The van der Waals surface area contributed by atoms with Crippen molar-refractivity contribution < 1.29 is 45.2 Å². The zero-order valence-electron chi connectivity index (χ0n) is 5.80. The molecule has 11 heavy (non-hydrogen) atoms. The quantitative estimate of drug-likeness (QED) is 0.399. The van der Waals surface area contributed by atoms with E-state index in [1.807, 2.05) is 0 Å².